The molecule has 0 atom stereocenters. The van der Waals surface area contributed by atoms with Gasteiger partial charge in [-0.05, 0) is 31.2 Å². The highest BCUT2D eigenvalue weighted by Gasteiger charge is 2.19. The topological polar surface area (TPSA) is 94.4 Å². The van der Waals surface area contributed by atoms with Gasteiger partial charge in [0.15, 0.2) is 10.9 Å². The van der Waals surface area contributed by atoms with Crippen LogP contribution >= 0.6 is 27.3 Å². The summed E-state index contributed by atoms with van der Waals surface area (Å²) < 4.78 is 5.92. The molecule has 2 aromatic carbocycles. The number of nitro benzene ring substituents is 1. The number of carbonyl (C=O) groups is 1. The van der Waals surface area contributed by atoms with Crippen LogP contribution in [0.5, 0.6) is 5.75 Å². The minimum absolute atomic E-state index is 0.0965. The van der Waals surface area contributed by atoms with Crippen LogP contribution in [-0.2, 0) is 0 Å². The van der Waals surface area contributed by atoms with Crippen molar-refractivity contribution in [3.05, 3.63) is 67.5 Å². The third kappa shape index (κ3) is 4.15. The van der Waals surface area contributed by atoms with Crippen LogP contribution in [0.25, 0.3) is 11.3 Å². The molecule has 0 aliphatic carbocycles. The molecular weight excluding hydrogens is 434 g/mol. The molecule has 1 amide bonds. The molecule has 0 spiro atoms. The number of aromatic nitrogens is 1. The van der Waals surface area contributed by atoms with Crippen molar-refractivity contribution in [2.45, 2.75) is 6.92 Å². The van der Waals surface area contributed by atoms with E-state index in [0.29, 0.717) is 5.13 Å². The maximum absolute atomic E-state index is 12.5. The molecule has 0 unspecified atom stereocenters. The molecule has 0 bridgehead atoms. The second-order valence-corrected chi connectivity index (χ2v) is 7.65. The first-order chi connectivity index (χ1) is 12.9. The Kier molecular flexibility index (Phi) is 5.52. The molecule has 27 heavy (non-hydrogen) atoms. The van der Waals surface area contributed by atoms with Gasteiger partial charge in [-0.3, -0.25) is 20.2 Å². The number of benzene rings is 2. The van der Waals surface area contributed by atoms with Gasteiger partial charge in [0.25, 0.3) is 5.91 Å². The van der Waals surface area contributed by atoms with Crippen molar-refractivity contribution >= 4 is 44.0 Å². The maximum atomic E-state index is 12.5. The smallest absolute Gasteiger partial charge is 0.311 e. The molecule has 3 aromatic rings. The average molecular weight is 448 g/mol. The Labute approximate surface area is 167 Å². The van der Waals surface area contributed by atoms with Crippen molar-refractivity contribution in [3.8, 4) is 17.0 Å². The lowest BCUT2D eigenvalue weighted by molar-refractivity contribution is -0.385. The van der Waals surface area contributed by atoms with Crippen LogP contribution in [-0.4, -0.2) is 22.9 Å². The van der Waals surface area contributed by atoms with E-state index in [4.69, 9.17) is 4.74 Å². The molecule has 0 fully saturated rings. The largest absolute Gasteiger partial charge is 0.490 e. The van der Waals surface area contributed by atoms with Gasteiger partial charge in [0.1, 0.15) is 0 Å². The molecule has 7 nitrogen and oxygen atoms in total. The van der Waals surface area contributed by atoms with Crippen LogP contribution in [0.4, 0.5) is 10.8 Å². The summed E-state index contributed by atoms with van der Waals surface area (Å²) >= 11 is 4.74. The summed E-state index contributed by atoms with van der Waals surface area (Å²) in [6, 6.07) is 11.8. The molecule has 9 heteroatoms. The number of carbonyl (C=O) groups excluding carboxylic acids is 1. The monoisotopic (exact) mass is 447 g/mol. The summed E-state index contributed by atoms with van der Waals surface area (Å²) in [5, 5.41) is 14.2. The fraction of sp³-hybridized carbons (Fsp3) is 0.111. The van der Waals surface area contributed by atoms with Gasteiger partial charge >= 0.3 is 5.69 Å². The normalized spacial score (nSPS) is 10.5. The molecule has 0 saturated heterocycles. The first-order valence-corrected chi connectivity index (χ1v) is 9.37. The molecule has 138 valence electrons. The Morgan fingerprint density at radius 1 is 1.26 bits per heavy atom. The number of halogens is 1. The Morgan fingerprint density at radius 3 is 2.59 bits per heavy atom. The Balaban J connectivity index is 1.85. The number of rotatable bonds is 5. The predicted molar refractivity (Wildman–Crippen MR) is 108 cm³/mol. The van der Waals surface area contributed by atoms with Gasteiger partial charge in [-0.1, -0.05) is 28.1 Å². The minimum Gasteiger partial charge on any atom is -0.490 e. The summed E-state index contributed by atoms with van der Waals surface area (Å²) in [5.74, 6) is -0.379. The summed E-state index contributed by atoms with van der Waals surface area (Å²) in [6.45, 7) is 1.92. The Bertz CT molecular complexity index is 1020. The number of ether oxygens (including phenoxy) is 1. The summed E-state index contributed by atoms with van der Waals surface area (Å²) in [6.07, 6.45) is 0. The van der Waals surface area contributed by atoms with E-state index in [1.165, 1.54) is 36.6 Å². The van der Waals surface area contributed by atoms with Crippen molar-refractivity contribution in [1.82, 2.24) is 4.98 Å². The maximum Gasteiger partial charge on any atom is 0.311 e. The molecule has 3 rings (SSSR count). The summed E-state index contributed by atoms with van der Waals surface area (Å²) in [7, 11) is 1.34. The highest BCUT2D eigenvalue weighted by atomic mass is 79.9. The van der Waals surface area contributed by atoms with Crippen molar-refractivity contribution in [2.24, 2.45) is 0 Å². The number of aryl methyl sites for hydroxylation is 1. The fourth-order valence-corrected chi connectivity index (χ4v) is 3.56. The number of amides is 1. The van der Waals surface area contributed by atoms with Crippen molar-refractivity contribution in [3.63, 3.8) is 0 Å². The lowest BCUT2D eigenvalue weighted by atomic mass is 10.1. The van der Waals surface area contributed by atoms with Crippen LogP contribution in [0.2, 0.25) is 0 Å². The second kappa shape index (κ2) is 7.85. The number of nitrogens with zero attached hydrogens (tertiary/aromatic N) is 2. The number of hydrogen-bond acceptors (Lipinski definition) is 6. The van der Waals surface area contributed by atoms with E-state index in [2.05, 4.69) is 26.2 Å². The number of nitro groups is 1. The zero-order valence-electron chi connectivity index (χ0n) is 14.4. The van der Waals surface area contributed by atoms with Crippen LogP contribution in [0.15, 0.2) is 46.9 Å². The van der Waals surface area contributed by atoms with Crippen LogP contribution in [0.1, 0.15) is 15.2 Å². The summed E-state index contributed by atoms with van der Waals surface area (Å²) in [5.41, 5.74) is 1.60. The van der Waals surface area contributed by atoms with E-state index in [1.54, 1.807) is 0 Å². The van der Waals surface area contributed by atoms with Crippen LogP contribution in [0.3, 0.4) is 0 Å². The van der Waals surface area contributed by atoms with Crippen molar-refractivity contribution in [2.75, 3.05) is 12.4 Å². The van der Waals surface area contributed by atoms with Gasteiger partial charge in [-0.15, -0.1) is 11.3 Å². The van der Waals surface area contributed by atoms with Gasteiger partial charge in [0, 0.05) is 26.5 Å². The van der Waals surface area contributed by atoms with E-state index in [0.717, 1.165) is 20.6 Å². The van der Waals surface area contributed by atoms with Crippen molar-refractivity contribution < 1.29 is 14.5 Å². The van der Waals surface area contributed by atoms with Crippen LogP contribution < -0.4 is 10.1 Å². The minimum atomic E-state index is -0.588. The van der Waals surface area contributed by atoms with Crippen molar-refractivity contribution in [1.29, 1.82) is 0 Å². The summed E-state index contributed by atoms with van der Waals surface area (Å²) in [4.78, 5) is 28.4. The SMILES string of the molecule is COc1ccc(C(=O)Nc2nc(-c3ccc(Br)cc3)c(C)s2)cc1[N+](=O)[O-]. The van der Waals surface area contributed by atoms with Gasteiger partial charge in [0.2, 0.25) is 0 Å². The first kappa shape index (κ1) is 19.0. The average Bonchev–Trinajstić information content (AvgIpc) is 3.01. The highest BCUT2D eigenvalue weighted by molar-refractivity contribution is 9.10. The standard InChI is InChI=1S/C18H14BrN3O4S/c1-10-16(11-3-6-13(19)7-4-11)20-18(27-10)21-17(23)12-5-8-15(26-2)14(9-12)22(24)25/h3-9H,1-2H3,(H,20,21,23). The lowest BCUT2D eigenvalue weighted by Crippen LogP contribution is -2.12. The molecule has 1 aromatic heterocycles. The first-order valence-electron chi connectivity index (χ1n) is 7.76. The van der Waals surface area contributed by atoms with E-state index in [-0.39, 0.29) is 17.0 Å². The molecule has 1 N–H and O–H groups in total. The highest BCUT2D eigenvalue weighted by Crippen LogP contribution is 2.32. The zero-order chi connectivity index (χ0) is 19.6. The van der Waals surface area contributed by atoms with Gasteiger partial charge in [0.05, 0.1) is 17.7 Å². The number of anilines is 1. The zero-order valence-corrected chi connectivity index (χ0v) is 16.8. The molecule has 0 radical (unpaired) electrons. The van der Waals surface area contributed by atoms with E-state index in [1.807, 2.05) is 31.2 Å². The molecule has 0 aliphatic heterocycles. The third-order valence-electron chi connectivity index (χ3n) is 3.77. The number of thiazole rings is 1. The third-order valence-corrected chi connectivity index (χ3v) is 5.19. The molecule has 0 saturated carbocycles. The second-order valence-electron chi connectivity index (χ2n) is 5.53. The van der Waals surface area contributed by atoms with Gasteiger partial charge in [-0.2, -0.15) is 0 Å². The fourth-order valence-electron chi connectivity index (χ4n) is 2.47. The molecule has 1 heterocycles. The number of methoxy groups -OCH3 is 1. The predicted octanol–water partition coefficient (Wildman–Crippen LogP) is 5.05. The van der Waals surface area contributed by atoms with E-state index >= 15 is 0 Å². The van der Waals surface area contributed by atoms with Crippen LogP contribution in [0, 0.1) is 17.0 Å². The van der Waals surface area contributed by atoms with E-state index < -0.39 is 10.8 Å². The Morgan fingerprint density at radius 2 is 1.96 bits per heavy atom. The number of hydrogen-bond donors (Lipinski definition) is 1. The number of nitrogens with one attached hydrogen (secondary N) is 1. The van der Waals surface area contributed by atoms with Gasteiger partial charge < -0.3 is 4.74 Å². The quantitative estimate of drug-likeness (QED) is 0.436. The van der Waals surface area contributed by atoms with Gasteiger partial charge in [-0.25, -0.2) is 4.98 Å². The Hall–Kier alpha value is -2.78. The molecular formula is C18H14BrN3O4S. The molecule has 0 aliphatic rings. The van der Waals surface area contributed by atoms with E-state index in [9.17, 15) is 14.9 Å². The lowest BCUT2D eigenvalue weighted by Gasteiger charge is -2.05.